The van der Waals surface area contributed by atoms with Crippen molar-refractivity contribution >= 4 is 16.2 Å². The lowest BCUT2D eigenvalue weighted by molar-refractivity contribution is -0.137. The van der Waals surface area contributed by atoms with Crippen molar-refractivity contribution in [1.82, 2.24) is 9.03 Å². The summed E-state index contributed by atoms with van der Waals surface area (Å²) < 4.78 is 28.6. The fourth-order valence-electron chi connectivity index (χ4n) is 2.47. The third-order valence-corrected chi connectivity index (χ3v) is 5.22. The van der Waals surface area contributed by atoms with Crippen molar-refractivity contribution in [3.63, 3.8) is 0 Å². The monoisotopic (exact) mass is 292 g/mol. The van der Waals surface area contributed by atoms with Crippen molar-refractivity contribution in [1.29, 1.82) is 0 Å². The van der Waals surface area contributed by atoms with Crippen LogP contribution in [0.1, 0.15) is 52.4 Å². The molecule has 1 aliphatic rings. The second kappa shape index (κ2) is 7.21. The lowest BCUT2D eigenvalue weighted by atomic mass is 10.1. The van der Waals surface area contributed by atoms with Crippen LogP contribution in [0.25, 0.3) is 0 Å². The molecule has 0 amide bonds. The van der Waals surface area contributed by atoms with Crippen molar-refractivity contribution in [3.8, 4) is 0 Å². The van der Waals surface area contributed by atoms with Gasteiger partial charge in [-0.15, -0.1) is 0 Å². The smallest absolute Gasteiger partial charge is 0.304 e. The molecule has 1 fully saturated rings. The molecule has 7 heteroatoms. The molecule has 19 heavy (non-hydrogen) atoms. The summed E-state index contributed by atoms with van der Waals surface area (Å²) in [4.78, 5) is 10.8. The molecule has 1 heterocycles. The maximum Gasteiger partial charge on any atom is 0.304 e. The average molecular weight is 292 g/mol. The maximum atomic E-state index is 12.3. The summed E-state index contributed by atoms with van der Waals surface area (Å²) >= 11 is 0. The van der Waals surface area contributed by atoms with Crippen LogP contribution in [0.15, 0.2) is 0 Å². The molecule has 0 bridgehead atoms. The number of nitrogens with one attached hydrogen (secondary N) is 1. The molecular weight excluding hydrogens is 268 g/mol. The fourth-order valence-corrected chi connectivity index (χ4v) is 4.18. The van der Waals surface area contributed by atoms with E-state index in [1.165, 1.54) is 4.31 Å². The third-order valence-electron chi connectivity index (χ3n) is 3.42. The normalized spacial score (nSPS) is 23.2. The van der Waals surface area contributed by atoms with Crippen LogP contribution in [-0.2, 0) is 15.0 Å². The predicted molar refractivity (Wildman–Crippen MR) is 73.0 cm³/mol. The second-order valence-electron chi connectivity index (χ2n) is 5.16. The quantitative estimate of drug-likeness (QED) is 0.741. The Kier molecular flexibility index (Phi) is 6.22. The van der Waals surface area contributed by atoms with E-state index in [0.29, 0.717) is 13.0 Å². The number of rotatable bonds is 7. The molecule has 1 rings (SSSR count). The Bertz CT molecular complexity index is 397. The van der Waals surface area contributed by atoms with E-state index in [-0.39, 0.29) is 12.5 Å². The first kappa shape index (κ1) is 16.4. The molecule has 2 unspecified atom stereocenters. The molecule has 0 aliphatic carbocycles. The van der Waals surface area contributed by atoms with Gasteiger partial charge in [0.05, 0.1) is 6.42 Å². The number of carbonyl (C=O) groups is 1. The van der Waals surface area contributed by atoms with E-state index >= 15 is 0 Å². The van der Waals surface area contributed by atoms with E-state index in [2.05, 4.69) is 4.72 Å². The Hall–Kier alpha value is -0.660. The van der Waals surface area contributed by atoms with Crippen LogP contribution in [0, 0.1) is 0 Å². The number of nitrogens with zero attached hydrogens (tertiary/aromatic N) is 1. The zero-order valence-corrected chi connectivity index (χ0v) is 12.4. The van der Waals surface area contributed by atoms with Gasteiger partial charge in [0.25, 0.3) is 10.2 Å². The van der Waals surface area contributed by atoms with Crippen LogP contribution in [0.3, 0.4) is 0 Å². The number of aliphatic carboxylic acids is 1. The minimum atomic E-state index is -3.58. The van der Waals surface area contributed by atoms with Crippen LogP contribution in [0.4, 0.5) is 0 Å². The summed E-state index contributed by atoms with van der Waals surface area (Å²) in [5.41, 5.74) is 0. The number of carboxylic acid groups (broad SMARTS) is 1. The standard InChI is InChI=1S/C12H24N2O4S/c1-3-6-11(9-12(15)16)13-19(17,18)14-8-5-4-7-10(14)2/h10-11,13H,3-9H2,1-2H3,(H,15,16). The van der Waals surface area contributed by atoms with Gasteiger partial charge in [-0.05, 0) is 26.2 Å². The van der Waals surface area contributed by atoms with E-state index in [0.717, 1.165) is 25.7 Å². The second-order valence-corrected chi connectivity index (χ2v) is 6.82. The first-order valence-electron chi connectivity index (χ1n) is 6.87. The number of hydrogen-bond acceptors (Lipinski definition) is 3. The third kappa shape index (κ3) is 5.08. The number of piperidine rings is 1. The molecule has 0 aromatic heterocycles. The molecule has 1 aliphatic heterocycles. The largest absolute Gasteiger partial charge is 0.481 e. The van der Waals surface area contributed by atoms with Gasteiger partial charge in [0.1, 0.15) is 0 Å². The summed E-state index contributed by atoms with van der Waals surface area (Å²) in [5, 5.41) is 8.82. The van der Waals surface area contributed by atoms with Crippen LogP contribution < -0.4 is 4.72 Å². The van der Waals surface area contributed by atoms with Gasteiger partial charge < -0.3 is 5.11 Å². The topological polar surface area (TPSA) is 86.7 Å². The van der Waals surface area contributed by atoms with E-state index in [9.17, 15) is 13.2 Å². The Morgan fingerprint density at radius 3 is 2.68 bits per heavy atom. The first-order valence-corrected chi connectivity index (χ1v) is 8.31. The van der Waals surface area contributed by atoms with Gasteiger partial charge >= 0.3 is 5.97 Å². The molecule has 0 aromatic carbocycles. The summed E-state index contributed by atoms with van der Waals surface area (Å²) in [6.45, 7) is 4.32. The van der Waals surface area contributed by atoms with Crippen LogP contribution in [0.5, 0.6) is 0 Å². The fraction of sp³-hybridized carbons (Fsp3) is 0.917. The molecule has 0 radical (unpaired) electrons. The highest BCUT2D eigenvalue weighted by atomic mass is 32.2. The molecular formula is C12H24N2O4S. The van der Waals surface area contributed by atoms with Gasteiger partial charge in [-0.1, -0.05) is 19.8 Å². The highest BCUT2D eigenvalue weighted by molar-refractivity contribution is 7.87. The van der Waals surface area contributed by atoms with Crippen LogP contribution >= 0.6 is 0 Å². The molecule has 2 atom stereocenters. The van der Waals surface area contributed by atoms with E-state index < -0.39 is 22.2 Å². The van der Waals surface area contributed by atoms with E-state index in [1.807, 2.05) is 13.8 Å². The van der Waals surface area contributed by atoms with Crippen molar-refractivity contribution in [3.05, 3.63) is 0 Å². The summed E-state index contributed by atoms with van der Waals surface area (Å²) in [6, 6.07) is -0.542. The van der Waals surface area contributed by atoms with Crippen molar-refractivity contribution in [2.24, 2.45) is 0 Å². The number of hydrogen-bond donors (Lipinski definition) is 2. The van der Waals surface area contributed by atoms with Crippen LogP contribution in [-0.4, -0.2) is 42.4 Å². The highest BCUT2D eigenvalue weighted by Gasteiger charge is 2.31. The van der Waals surface area contributed by atoms with Crippen molar-refractivity contribution in [2.75, 3.05) is 6.54 Å². The van der Waals surface area contributed by atoms with Gasteiger partial charge in [0.15, 0.2) is 0 Å². The Labute approximate surface area is 115 Å². The van der Waals surface area contributed by atoms with E-state index in [1.54, 1.807) is 0 Å². The minimum Gasteiger partial charge on any atom is -0.481 e. The molecule has 0 saturated carbocycles. The molecule has 1 saturated heterocycles. The SMILES string of the molecule is CCCC(CC(=O)O)NS(=O)(=O)N1CCCCC1C. The summed E-state index contributed by atoms with van der Waals surface area (Å²) in [5.74, 6) is -0.979. The molecule has 2 N–H and O–H groups in total. The highest BCUT2D eigenvalue weighted by Crippen LogP contribution is 2.20. The average Bonchev–Trinajstić information content (AvgIpc) is 2.28. The minimum absolute atomic E-state index is 0.0154. The van der Waals surface area contributed by atoms with Gasteiger partial charge in [0, 0.05) is 18.6 Å². The van der Waals surface area contributed by atoms with Crippen molar-refractivity contribution < 1.29 is 18.3 Å². The molecule has 112 valence electrons. The Morgan fingerprint density at radius 1 is 1.47 bits per heavy atom. The van der Waals surface area contributed by atoms with Gasteiger partial charge in [-0.3, -0.25) is 4.79 Å². The molecule has 6 nitrogen and oxygen atoms in total. The van der Waals surface area contributed by atoms with Gasteiger partial charge in [-0.2, -0.15) is 17.4 Å². The predicted octanol–water partition coefficient (Wildman–Crippen LogP) is 1.34. The number of carboxylic acids is 1. The van der Waals surface area contributed by atoms with Crippen LogP contribution in [0.2, 0.25) is 0 Å². The van der Waals surface area contributed by atoms with Gasteiger partial charge in [0.2, 0.25) is 0 Å². The van der Waals surface area contributed by atoms with E-state index in [4.69, 9.17) is 5.11 Å². The zero-order valence-electron chi connectivity index (χ0n) is 11.6. The molecule has 0 spiro atoms. The first-order chi connectivity index (χ1) is 8.86. The Balaban J connectivity index is 2.71. The van der Waals surface area contributed by atoms with Crippen molar-refractivity contribution in [2.45, 2.75) is 64.5 Å². The lowest BCUT2D eigenvalue weighted by Crippen LogP contribution is -2.51. The Morgan fingerprint density at radius 2 is 2.16 bits per heavy atom. The van der Waals surface area contributed by atoms with Gasteiger partial charge in [-0.25, -0.2) is 0 Å². The molecule has 0 aromatic rings. The maximum absolute atomic E-state index is 12.3. The summed E-state index contributed by atoms with van der Waals surface area (Å²) in [7, 11) is -3.58. The lowest BCUT2D eigenvalue weighted by Gasteiger charge is -2.33. The summed E-state index contributed by atoms with van der Waals surface area (Å²) in [6.07, 6.45) is 3.88. The zero-order chi connectivity index (χ0) is 14.5.